The van der Waals surface area contributed by atoms with Crippen molar-refractivity contribution in [1.82, 2.24) is 10.2 Å². The Morgan fingerprint density at radius 1 is 1.38 bits per heavy atom. The van der Waals surface area contributed by atoms with Crippen molar-refractivity contribution in [3.63, 3.8) is 0 Å². The fourth-order valence-corrected chi connectivity index (χ4v) is 4.34. The minimum atomic E-state index is -3.07. The molecule has 136 valence electrons. The van der Waals surface area contributed by atoms with Crippen molar-refractivity contribution in [2.24, 2.45) is 4.99 Å². The summed E-state index contributed by atoms with van der Waals surface area (Å²) < 4.78 is 23.4. The Bertz CT molecular complexity index is 723. The highest BCUT2D eigenvalue weighted by molar-refractivity contribution is 14.0. The highest BCUT2D eigenvalue weighted by atomic mass is 127. The lowest BCUT2D eigenvalue weighted by atomic mass is 10.2. The van der Waals surface area contributed by atoms with Gasteiger partial charge in [0.1, 0.15) is 0 Å². The van der Waals surface area contributed by atoms with Crippen molar-refractivity contribution in [2.45, 2.75) is 25.1 Å². The number of sulfone groups is 1. The first-order valence-electron chi connectivity index (χ1n) is 7.28. The lowest BCUT2D eigenvalue weighted by Gasteiger charge is -2.39. The Morgan fingerprint density at radius 2 is 2.04 bits per heavy atom. The van der Waals surface area contributed by atoms with Crippen LogP contribution in [0.15, 0.2) is 23.2 Å². The SMILES string of the molecule is CN=C(NCc1ccc(Cl)cc1Cl)N1CCS(=O)(=O)C(C)(C)C1.I. The molecule has 1 aliphatic heterocycles. The third-order valence-corrected chi connectivity index (χ3v) is 7.13. The summed E-state index contributed by atoms with van der Waals surface area (Å²) in [5.41, 5.74) is 0.904. The number of guanidine groups is 1. The van der Waals surface area contributed by atoms with Crippen LogP contribution in [-0.4, -0.2) is 49.9 Å². The third-order valence-electron chi connectivity index (χ3n) is 4.01. The molecule has 0 saturated carbocycles. The zero-order valence-electron chi connectivity index (χ0n) is 13.8. The van der Waals surface area contributed by atoms with E-state index in [0.717, 1.165) is 5.56 Å². The first-order valence-corrected chi connectivity index (χ1v) is 9.69. The maximum Gasteiger partial charge on any atom is 0.193 e. The van der Waals surface area contributed by atoms with Crippen LogP contribution in [0, 0.1) is 0 Å². The number of hydrogen-bond donors (Lipinski definition) is 1. The van der Waals surface area contributed by atoms with E-state index >= 15 is 0 Å². The standard InChI is InChI=1S/C15H21Cl2N3O2S.HI/c1-15(2)10-20(6-7-23(15,21)22)14(18-3)19-9-11-4-5-12(16)8-13(11)17;/h4-5,8H,6-7,9-10H2,1-3H3,(H,18,19);1H. The predicted molar refractivity (Wildman–Crippen MR) is 112 cm³/mol. The highest BCUT2D eigenvalue weighted by Crippen LogP contribution is 2.24. The van der Waals surface area contributed by atoms with Crippen molar-refractivity contribution in [1.29, 1.82) is 0 Å². The fraction of sp³-hybridized carbons (Fsp3) is 0.533. The summed E-state index contributed by atoms with van der Waals surface area (Å²) >= 11 is 12.1. The second-order valence-corrected chi connectivity index (χ2v) is 9.72. The molecule has 1 aromatic rings. The second kappa shape index (κ2) is 8.42. The normalized spacial score (nSPS) is 19.5. The Balaban J connectivity index is 0.00000288. The largest absolute Gasteiger partial charge is 0.352 e. The maximum absolute atomic E-state index is 12.1. The molecule has 0 amide bonds. The van der Waals surface area contributed by atoms with Gasteiger partial charge in [0.25, 0.3) is 0 Å². The molecule has 1 saturated heterocycles. The van der Waals surface area contributed by atoms with Gasteiger partial charge in [0.2, 0.25) is 0 Å². The van der Waals surface area contributed by atoms with Gasteiger partial charge in [-0.25, -0.2) is 8.42 Å². The van der Waals surface area contributed by atoms with E-state index in [0.29, 0.717) is 35.6 Å². The Kier molecular flexibility index (Phi) is 7.65. The van der Waals surface area contributed by atoms with Gasteiger partial charge in [-0.1, -0.05) is 29.3 Å². The Morgan fingerprint density at radius 3 is 2.58 bits per heavy atom. The molecule has 0 bridgehead atoms. The van der Waals surface area contributed by atoms with E-state index in [1.165, 1.54) is 0 Å². The van der Waals surface area contributed by atoms with Crippen LogP contribution in [0.3, 0.4) is 0 Å². The molecule has 0 atom stereocenters. The molecule has 5 nitrogen and oxygen atoms in total. The Hall–Kier alpha value is -0.250. The summed E-state index contributed by atoms with van der Waals surface area (Å²) in [6.07, 6.45) is 0. The topological polar surface area (TPSA) is 61.8 Å². The summed E-state index contributed by atoms with van der Waals surface area (Å²) in [5, 5.41) is 4.41. The average molecular weight is 506 g/mol. The fourth-order valence-electron chi connectivity index (χ4n) is 2.50. The monoisotopic (exact) mass is 505 g/mol. The van der Waals surface area contributed by atoms with Crippen molar-refractivity contribution >= 4 is 63.0 Å². The number of nitrogens with one attached hydrogen (secondary N) is 1. The molecule has 0 radical (unpaired) electrons. The van der Waals surface area contributed by atoms with Crippen LogP contribution in [0.1, 0.15) is 19.4 Å². The van der Waals surface area contributed by atoms with E-state index in [2.05, 4.69) is 10.3 Å². The van der Waals surface area contributed by atoms with Gasteiger partial charge in [0.05, 0.1) is 10.5 Å². The van der Waals surface area contributed by atoms with Crippen molar-refractivity contribution < 1.29 is 8.42 Å². The molecule has 1 aromatic carbocycles. The van der Waals surface area contributed by atoms with Crippen LogP contribution in [0.25, 0.3) is 0 Å². The first kappa shape index (κ1) is 21.8. The van der Waals surface area contributed by atoms with Gasteiger partial charge in [-0.15, -0.1) is 24.0 Å². The number of nitrogens with zero attached hydrogens (tertiary/aromatic N) is 2. The molecular formula is C15H22Cl2IN3O2S. The van der Waals surface area contributed by atoms with Crippen molar-refractivity contribution in [3.8, 4) is 0 Å². The Labute approximate surface area is 170 Å². The molecule has 0 unspecified atom stereocenters. The van der Waals surface area contributed by atoms with Gasteiger partial charge in [0.15, 0.2) is 15.8 Å². The quantitative estimate of drug-likeness (QED) is 0.381. The molecule has 1 N–H and O–H groups in total. The highest BCUT2D eigenvalue weighted by Gasteiger charge is 2.40. The van der Waals surface area contributed by atoms with Crippen LogP contribution in [0.4, 0.5) is 0 Å². The molecule has 0 aliphatic carbocycles. The molecule has 0 spiro atoms. The van der Waals surface area contributed by atoms with Gasteiger partial charge in [0, 0.05) is 36.7 Å². The van der Waals surface area contributed by atoms with Gasteiger partial charge in [-0.05, 0) is 31.5 Å². The van der Waals surface area contributed by atoms with Crippen LogP contribution in [0.5, 0.6) is 0 Å². The lowest BCUT2D eigenvalue weighted by Crippen LogP contribution is -2.57. The molecule has 0 aromatic heterocycles. The molecule has 24 heavy (non-hydrogen) atoms. The molecule has 1 fully saturated rings. The van der Waals surface area contributed by atoms with E-state index < -0.39 is 14.6 Å². The molecular weight excluding hydrogens is 484 g/mol. The van der Waals surface area contributed by atoms with Gasteiger partial charge in [-0.2, -0.15) is 0 Å². The number of rotatable bonds is 2. The average Bonchev–Trinajstić information content (AvgIpc) is 2.45. The molecule has 9 heteroatoms. The van der Waals surface area contributed by atoms with Crippen molar-refractivity contribution in [3.05, 3.63) is 33.8 Å². The predicted octanol–water partition coefficient (Wildman–Crippen LogP) is 3.20. The summed E-state index contributed by atoms with van der Waals surface area (Å²) in [7, 11) is -1.39. The summed E-state index contributed by atoms with van der Waals surface area (Å²) in [4.78, 5) is 6.22. The number of benzene rings is 1. The molecule has 1 heterocycles. The first-order chi connectivity index (χ1) is 10.7. The van der Waals surface area contributed by atoms with E-state index in [-0.39, 0.29) is 29.7 Å². The number of halogens is 3. The zero-order valence-corrected chi connectivity index (χ0v) is 18.5. The van der Waals surface area contributed by atoms with Gasteiger partial charge >= 0.3 is 0 Å². The van der Waals surface area contributed by atoms with Crippen LogP contribution >= 0.6 is 47.2 Å². The maximum atomic E-state index is 12.1. The van der Waals surface area contributed by atoms with Gasteiger partial charge in [-0.3, -0.25) is 4.99 Å². The van der Waals surface area contributed by atoms with Gasteiger partial charge < -0.3 is 10.2 Å². The van der Waals surface area contributed by atoms with Crippen molar-refractivity contribution in [2.75, 3.05) is 25.9 Å². The van der Waals surface area contributed by atoms with E-state index in [1.54, 1.807) is 33.0 Å². The molecule has 1 aliphatic rings. The van der Waals surface area contributed by atoms with Crippen LogP contribution in [0.2, 0.25) is 10.0 Å². The zero-order chi connectivity index (χ0) is 17.3. The van der Waals surface area contributed by atoms with E-state index in [9.17, 15) is 8.42 Å². The minimum absolute atomic E-state index is 0. The summed E-state index contributed by atoms with van der Waals surface area (Å²) in [5.74, 6) is 0.793. The van der Waals surface area contributed by atoms with E-state index in [1.807, 2.05) is 11.0 Å². The summed E-state index contributed by atoms with van der Waals surface area (Å²) in [6, 6.07) is 5.33. The number of hydrogen-bond acceptors (Lipinski definition) is 3. The number of aliphatic imine (C=N–C) groups is 1. The summed E-state index contributed by atoms with van der Waals surface area (Å²) in [6.45, 7) is 4.82. The molecule has 2 rings (SSSR count). The smallest absolute Gasteiger partial charge is 0.193 e. The van der Waals surface area contributed by atoms with E-state index in [4.69, 9.17) is 23.2 Å². The lowest BCUT2D eigenvalue weighted by molar-refractivity contribution is 0.353. The second-order valence-electron chi connectivity index (χ2n) is 6.14. The van der Waals surface area contributed by atoms with Crippen LogP contribution in [-0.2, 0) is 16.4 Å². The third kappa shape index (κ3) is 4.89. The van der Waals surface area contributed by atoms with Crippen LogP contribution < -0.4 is 5.32 Å². The minimum Gasteiger partial charge on any atom is -0.352 e.